The third-order valence-electron chi connectivity index (χ3n) is 3.27. The van der Waals surface area contributed by atoms with E-state index in [1.54, 1.807) is 18.2 Å². The molecule has 2 rings (SSSR count). The van der Waals surface area contributed by atoms with E-state index in [4.69, 9.17) is 4.74 Å². The van der Waals surface area contributed by atoms with Gasteiger partial charge in [0.15, 0.2) is 11.6 Å². The molecular weight excluding hydrogens is 317 g/mol. The summed E-state index contributed by atoms with van der Waals surface area (Å²) in [5.41, 5.74) is 0.879. The van der Waals surface area contributed by atoms with Crippen molar-refractivity contribution in [1.29, 1.82) is 0 Å². The van der Waals surface area contributed by atoms with Crippen molar-refractivity contribution in [3.05, 3.63) is 53.8 Å². The molecule has 5 heteroatoms. The Balaban J connectivity index is 0.00000264. The van der Waals surface area contributed by atoms with E-state index in [2.05, 4.69) is 19.2 Å². The first-order valence-corrected chi connectivity index (χ1v) is 7.50. The van der Waals surface area contributed by atoms with Crippen LogP contribution in [0.15, 0.2) is 42.5 Å². The number of aromatic hydroxyl groups is 1. The van der Waals surface area contributed by atoms with Crippen molar-refractivity contribution in [2.75, 3.05) is 6.54 Å². The molecule has 0 amide bonds. The van der Waals surface area contributed by atoms with Crippen LogP contribution in [0.2, 0.25) is 0 Å². The maximum absolute atomic E-state index is 14.1. The van der Waals surface area contributed by atoms with Crippen molar-refractivity contribution in [1.82, 2.24) is 5.32 Å². The lowest BCUT2D eigenvalue weighted by molar-refractivity contribution is 0.431. The number of hydrogen-bond acceptors (Lipinski definition) is 3. The van der Waals surface area contributed by atoms with E-state index in [0.717, 1.165) is 18.5 Å². The summed E-state index contributed by atoms with van der Waals surface area (Å²) in [6.45, 7) is 5.90. The standard InChI is InChI=1S/C18H22FNO2.ClH/c1-13(2)8-9-20-12-14-6-7-18(17(19)10-14)22-16-5-3-4-15(21)11-16;/h3-7,10-11,13,20-21H,8-9,12H2,1-2H3;1H. The summed E-state index contributed by atoms with van der Waals surface area (Å²) in [5, 5.41) is 12.7. The number of benzene rings is 2. The molecule has 126 valence electrons. The fraction of sp³-hybridized carbons (Fsp3) is 0.333. The maximum Gasteiger partial charge on any atom is 0.166 e. The highest BCUT2D eigenvalue weighted by atomic mass is 35.5. The predicted octanol–water partition coefficient (Wildman–Crippen LogP) is 4.88. The molecule has 0 heterocycles. The van der Waals surface area contributed by atoms with E-state index in [-0.39, 0.29) is 23.9 Å². The summed E-state index contributed by atoms with van der Waals surface area (Å²) in [5.74, 6) is 0.885. The number of rotatable bonds is 7. The highest BCUT2D eigenvalue weighted by molar-refractivity contribution is 5.85. The second kappa shape index (κ2) is 9.38. The first-order valence-electron chi connectivity index (χ1n) is 7.50. The molecule has 0 unspecified atom stereocenters. The Bertz CT molecular complexity index is 620. The van der Waals surface area contributed by atoms with Crippen LogP contribution >= 0.6 is 12.4 Å². The predicted molar refractivity (Wildman–Crippen MR) is 93.0 cm³/mol. The molecule has 0 aliphatic carbocycles. The van der Waals surface area contributed by atoms with Gasteiger partial charge >= 0.3 is 0 Å². The van der Waals surface area contributed by atoms with Gasteiger partial charge < -0.3 is 15.2 Å². The lowest BCUT2D eigenvalue weighted by Gasteiger charge is -2.10. The van der Waals surface area contributed by atoms with E-state index in [1.807, 2.05) is 6.07 Å². The van der Waals surface area contributed by atoms with Gasteiger partial charge in [-0.15, -0.1) is 12.4 Å². The van der Waals surface area contributed by atoms with Crippen LogP contribution in [0.25, 0.3) is 0 Å². The van der Waals surface area contributed by atoms with Crippen LogP contribution in [0.3, 0.4) is 0 Å². The first kappa shape index (κ1) is 19.3. The van der Waals surface area contributed by atoms with Gasteiger partial charge in [0.05, 0.1) is 0 Å². The summed E-state index contributed by atoms with van der Waals surface area (Å²) in [6, 6.07) is 11.2. The molecule has 0 atom stereocenters. The van der Waals surface area contributed by atoms with Gasteiger partial charge in [-0.05, 0) is 48.7 Å². The molecule has 0 aliphatic rings. The Kier molecular flexibility index (Phi) is 7.86. The van der Waals surface area contributed by atoms with Crippen molar-refractivity contribution in [2.24, 2.45) is 5.92 Å². The topological polar surface area (TPSA) is 41.5 Å². The molecule has 0 aliphatic heterocycles. The molecule has 0 saturated heterocycles. The SMILES string of the molecule is CC(C)CCNCc1ccc(Oc2cccc(O)c2)c(F)c1.Cl. The van der Waals surface area contributed by atoms with Gasteiger partial charge in [0.2, 0.25) is 0 Å². The summed E-state index contributed by atoms with van der Waals surface area (Å²) >= 11 is 0. The van der Waals surface area contributed by atoms with E-state index in [1.165, 1.54) is 18.2 Å². The molecule has 2 aromatic carbocycles. The summed E-state index contributed by atoms with van der Waals surface area (Å²) in [6.07, 6.45) is 1.10. The van der Waals surface area contributed by atoms with Crippen LogP contribution in [-0.4, -0.2) is 11.7 Å². The third-order valence-corrected chi connectivity index (χ3v) is 3.27. The lowest BCUT2D eigenvalue weighted by Crippen LogP contribution is -2.16. The largest absolute Gasteiger partial charge is 0.508 e. The van der Waals surface area contributed by atoms with Gasteiger partial charge in [-0.2, -0.15) is 0 Å². The Morgan fingerprint density at radius 2 is 1.96 bits per heavy atom. The normalized spacial score (nSPS) is 10.4. The minimum Gasteiger partial charge on any atom is -0.508 e. The quantitative estimate of drug-likeness (QED) is 0.706. The maximum atomic E-state index is 14.1. The van der Waals surface area contributed by atoms with Crippen LogP contribution < -0.4 is 10.1 Å². The average molecular weight is 340 g/mol. The fourth-order valence-corrected chi connectivity index (χ4v) is 2.03. The smallest absolute Gasteiger partial charge is 0.166 e. The molecule has 0 spiro atoms. The number of ether oxygens (including phenoxy) is 1. The van der Waals surface area contributed by atoms with Gasteiger partial charge in [-0.25, -0.2) is 4.39 Å². The monoisotopic (exact) mass is 339 g/mol. The van der Waals surface area contributed by atoms with Crippen molar-refractivity contribution < 1.29 is 14.2 Å². The van der Waals surface area contributed by atoms with Gasteiger partial charge in [0.1, 0.15) is 11.5 Å². The van der Waals surface area contributed by atoms with E-state index in [9.17, 15) is 9.50 Å². The molecule has 2 N–H and O–H groups in total. The Morgan fingerprint density at radius 3 is 2.61 bits per heavy atom. The molecule has 23 heavy (non-hydrogen) atoms. The third kappa shape index (κ3) is 6.47. The van der Waals surface area contributed by atoms with E-state index >= 15 is 0 Å². The molecule has 0 radical (unpaired) electrons. The number of phenolic OH excluding ortho intramolecular Hbond substituents is 1. The Morgan fingerprint density at radius 1 is 1.17 bits per heavy atom. The minimum absolute atomic E-state index is 0. The number of phenols is 1. The molecule has 0 fully saturated rings. The van der Waals surface area contributed by atoms with Crippen LogP contribution in [0.5, 0.6) is 17.2 Å². The van der Waals surface area contributed by atoms with Gasteiger partial charge in [0.25, 0.3) is 0 Å². The second-order valence-corrected chi connectivity index (χ2v) is 5.72. The number of nitrogens with one attached hydrogen (secondary N) is 1. The van der Waals surface area contributed by atoms with Crippen molar-refractivity contribution in [3.63, 3.8) is 0 Å². The molecule has 0 saturated carbocycles. The van der Waals surface area contributed by atoms with Crippen LogP contribution in [-0.2, 0) is 6.54 Å². The van der Waals surface area contributed by atoms with Gasteiger partial charge in [-0.1, -0.05) is 26.0 Å². The number of hydrogen-bond donors (Lipinski definition) is 2. The van der Waals surface area contributed by atoms with Crippen LogP contribution in [0.1, 0.15) is 25.8 Å². The lowest BCUT2D eigenvalue weighted by atomic mass is 10.1. The Hall–Kier alpha value is -1.78. The highest BCUT2D eigenvalue weighted by Crippen LogP contribution is 2.27. The van der Waals surface area contributed by atoms with Crippen molar-refractivity contribution in [2.45, 2.75) is 26.8 Å². The summed E-state index contributed by atoms with van der Waals surface area (Å²) < 4.78 is 19.5. The minimum atomic E-state index is -0.411. The summed E-state index contributed by atoms with van der Waals surface area (Å²) in [4.78, 5) is 0. The zero-order valence-corrected chi connectivity index (χ0v) is 14.2. The second-order valence-electron chi connectivity index (χ2n) is 5.72. The highest BCUT2D eigenvalue weighted by Gasteiger charge is 2.07. The fourth-order valence-electron chi connectivity index (χ4n) is 2.03. The molecule has 2 aromatic rings. The van der Waals surface area contributed by atoms with Gasteiger partial charge in [-0.3, -0.25) is 0 Å². The number of halogens is 2. The average Bonchev–Trinajstić information content (AvgIpc) is 2.46. The van der Waals surface area contributed by atoms with Crippen molar-refractivity contribution >= 4 is 12.4 Å². The molecule has 3 nitrogen and oxygen atoms in total. The zero-order chi connectivity index (χ0) is 15.9. The Labute approximate surface area is 142 Å². The van der Waals surface area contributed by atoms with Crippen LogP contribution in [0.4, 0.5) is 4.39 Å². The first-order chi connectivity index (χ1) is 10.5. The summed E-state index contributed by atoms with van der Waals surface area (Å²) in [7, 11) is 0. The van der Waals surface area contributed by atoms with E-state index < -0.39 is 5.82 Å². The van der Waals surface area contributed by atoms with E-state index in [0.29, 0.717) is 18.2 Å². The molecular formula is C18H23ClFNO2. The molecule has 0 aromatic heterocycles. The zero-order valence-electron chi connectivity index (χ0n) is 13.4. The molecule has 0 bridgehead atoms. The van der Waals surface area contributed by atoms with Gasteiger partial charge in [0, 0.05) is 12.6 Å². The van der Waals surface area contributed by atoms with Crippen molar-refractivity contribution in [3.8, 4) is 17.2 Å². The van der Waals surface area contributed by atoms with Crippen LogP contribution in [0, 0.1) is 11.7 Å².